The highest BCUT2D eigenvalue weighted by molar-refractivity contribution is 4.78. The molecule has 5 nitrogen and oxygen atoms in total. The van der Waals surface area contributed by atoms with Crippen molar-refractivity contribution in [2.45, 2.75) is 57.8 Å². The van der Waals surface area contributed by atoms with Gasteiger partial charge in [0.15, 0.2) is 0 Å². The molecule has 0 saturated carbocycles. The lowest BCUT2D eigenvalue weighted by Crippen LogP contribution is -2.43. The Balaban J connectivity index is 3.89. The minimum Gasteiger partial charge on any atom is -0.394 e. The fraction of sp³-hybridized carbons (Fsp3) is 1.00. The molecule has 0 spiro atoms. The minimum absolute atomic E-state index is 0.303. The first-order valence-corrected chi connectivity index (χ1v) is 6.98. The molecule has 0 amide bonds. The SMILES string of the molecule is CCC(C)(O)CCN(C)CCOC(C)(C)C(O)CO. The van der Waals surface area contributed by atoms with Crippen LogP contribution >= 0.6 is 0 Å². The highest BCUT2D eigenvalue weighted by Gasteiger charge is 2.28. The van der Waals surface area contributed by atoms with Crippen LogP contribution in [0, 0.1) is 0 Å². The summed E-state index contributed by atoms with van der Waals surface area (Å²) in [5.74, 6) is 0. The topological polar surface area (TPSA) is 73.2 Å². The van der Waals surface area contributed by atoms with Gasteiger partial charge >= 0.3 is 0 Å². The van der Waals surface area contributed by atoms with Crippen molar-refractivity contribution in [3.05, 3.63) is 0 Å². The maximum atomic E-state index is 9.91. The Morgan fingerprint density at radius 1 is 1.21 bits per heavy atom. The van der Waals surface area contributed by atoms with Crippen LogP contribution in [0.4, 0.5) is 0 Å². The highest BCUT2D eigenvalue weighted by Crippen LogP contribution is 2.15. The summed E-state index contributed by atoms with van der Waals surface area (Å²) >= 11 is 0. The molecule has 2 atom stereocenters. The van der Waals surface area contributed by atoms with Crippen LogP contribution in [-0.4, -0.2) is 70.9 Å². The van der Waals surface area contributed by atoms with Gasteiger partial charge in [-0.2, -0.15) is 0 Å². The number of rotatable bonds is 10. The molecule has 5 heteroatoms. The van der Waals surface area contributed by atoms with Gasteiger partial charge in [-0.05, 0) is 40.7 Å². The molecule has 0 fully saturated rings. The third-order valence-electron chi connectivity index (χ3n) is 3.72. The van der Waals surface area contributed by atoms with Crippen LogP contribution in [0.3, 0.4) is 0 Å². The summed E-state index contributed by atoms with van der Waals surface area (Å²) in [4.78, 5) is 2.09. The van der Waals surface area contributed by atoms with Crippen molar-refractivity contribution < 1.29 is 20.1 Å². The molecule has 0 heterocycles. The molecule has 116 valence electrons. The van der Waals surface area contributed by atoms with Crippen molar-refractivity contribution in [2.24, 2.45) is 0 Å². The summed E-state index contributed by atoms with van der Waals surface area (Å²) in [5.41, 5.74) is -1.36. The van der Waals surface area contributed by atoms with E-state index in [4.69, 9.17) is 9.84 Å². The quantitative estimate of drug-likeness (QED) is 0.546. The third kappa shape index (κ3) is 7.84. The Morgan fingerprint density at radius 2 is 1.79 bits per heavy atom. The van der Waals surface area contributed by atoms with Crippen molar-refractivity contribution in [3.63, 3.8) is 0 Å². The molecule has 0 aliphatic heterocycles. The number of nitrogens with zero attached hydrogens (tertiary/aromatic N) is 1. The van der Waals surface area contributed by atoms with Gasteiger partial charge in [0.05, 0.1) is 24.4 Å². The number of likely N-dealkylation sites (N-methyl/N-ethyl adjacent to an activating group) is 1. The molecule has 0 rings (SSSR count). The standard InChI is InChI=1S/C14H31NO4/c1-6-14(4,18)7-8-15(5)9-10-19-13(2,3)12(17)11-16/h12,16-18H,6-11H2,1-5H3. The second-order valence-corrected chi connectivity index (χ2v) is 6.05. The highest BCUT2D eigenvalue weighted by atomic mass is 16.5. The van der Waals surface area contributed by atoms with Crippen LogP contribution in [0.1, 0.15) is 40.5 Å². The van der Waals surface area contributed by atoms with E-state index in [0.29, 0.717) is 6.61 Å². The lowest BCUT2D eigenvalue weighted by atomic mass is 9.99. The van der Waals surface area contributed by atoms with Gasteiger partial charge in [0.2, 0.25) is 0 Å². The van der Waals surface area contributed by atoms with Gasteiger partial charge in [-0.3, -0.25) is 0 Å². The van der Waals surface area contributed by atoms with Crippen molar-refractivity contribution in [1.82, 2.24) is 4.90 Å². The first kappa shape index (κ1) is 18.8. The zero-order valence-corrected chi connectivity index (χ0v) is 13.0. The fourth-order valence-electron chi connectivity index (χ4n) is 1.50. The van der Waals surface area contributed by atoms with E-state index in [1.807, 2.05) is 20.9 Å². The molecule has 2 unspecified atom stereocenters. The monoisotopic (exact) mass is 277 g/mol. The fourth-order valence-corrected chi connectivity index (χ4v) is 1.50. The summed E-state index contributed by atoms with van der Waals surface area (Å²) in [7, 11) is 1.98. The molecular weight excluding hydrogens is 246 g/mol. The Hall–Kier alpha value is -0.200. The molecule has 3 N–H and O–H groups in total. The van der Waals surface area contributed by atoms with Crippen LogP contribution in [0.25, 0.3) is 0 Å². The van der Waals surface area contributed by atoms with Crippen LogP contribution in [0.2, 0.25) is 0 Å². The number of aliphatic hydroxyl groups is 3. The molecule has 19 heavy (non-hydrogen) atoms. The average Bonchev–Trinajstić information content (AvgIpc) is 2.35. The molecule has 0 aromatic heterocycles. The van der Waals surface area contributed by atoms with Crippen molar-refractivity contribution in [3.8, 4) is 0 Å². The molecule has 0 aromatic carbocycles. The van der Waals surface area contributed by atoms with Crippen LogP contribution in [0.5, 0.6) is 0 Å². The third-order valence-corrected chi connectivity index (χ3v) is 3.72. The Labute approximate surface area is 117 Å². The zero-order chi connectivity index (χ0) is 15.1. The van der Waals surface area contributed by atoms with E-state index in [1.165, 1.54) is 0 Å². The normalized spacial score (nSPS) is 17.5. The summed E-state index contributed by atoms with van der Waals surface area (Å²) in [6, 6.07) is 0. The van der Waals surface area contributed by atoms with Crippen molar-refractivity contribution >= 4 is 0 Å². The van der Waals surface area contributed by atoms with Crippen molar-refractivity contribution in [1.29, 1.82) is 0 Å². The van der Waals surface area contributed by atoms with Crippen LogP contribution in [0.15, 0.2) is 0 Å². The van der Waals surface area contributed by atoms with E-state index in [9.17, 15) is 10.2 Å². The molecule has 0 bridgehead atoms. The van der Waals surface area contributed by atoms with E-state index in [0.717, 1.165) is 25.9 Å². The van der Waals surface area contributed by atoms with E-state index in [1.54, 1.807) is 13.8 Å². The van der Waals surface area contributed by atoms with E-state index in [2.05, 4.69) is 4.90 Å². The first-order valence-electron chi connectivity index (χ1n) is 6.98. The smallest absolute Gasteiger partial charge is 0.105 e. The molecule has 0 aromatic rings. The molecular formula is C14H31NO4. The summed E-state index contributed by atoms with van der Waals surface area (Å²) < 4.78 is 5.60. The van der Waals surface area contributed by atoms with E-state index >= 15 is 0 Å². The molecule has 0 saturated heterocycles. The second-order valence-electron chi connectivity index (χ2n) is 6.05. The molecule has 0 radical (unpaired) electrons. The predicted molar refractivity (Wildman–Crippen MR) is 76.2 cm³/mol. The summed E-state index contributed by atoms with van der Waals surface area (Å²) in [6.45, 7) is 9.04. The lowest BCUT2D eigenvalue weighted by molar-refractivity contribution is -0.118. The van der Waals surface area contributed by atoms with E-state index < -0.39 is 17.3 Å². The maximum Gasteiger partial charge on any atom is 0.105 e. The van der Waals surface area contributed by atoms with E-state index in [-0.39, 0.29) is 6.61 Å². The zero-order valence-electron chi connectivity index (χ0n) is 13.0. The Bertz CT molecular complexity index is 244. The largest absolute Gasteiger partial charge is 0.394 e. The van der Waals surface area contributed by atoms with Gasteiger partial charge in [-0.15, -0.1) is 0 Å². The Kier molecular flexibility index (Phi) is 8.08. The van der Waals surface area contributed by atoms with Gasteiger partial charge in [0, 0.05) is 13.1 Å². The molecule has 0 aliphatic carbocycles. The van der Waals surface area contributed by atoms with Gasteiger partial charge in [0.1, 0.15) is 6.10 Å². The number of ether oxygens (including phenoxy) is 1. The second kappa shape index (κ2) is 8.17. The predicted octanol–water partition coefficient (Wildman–Crippen LogP) is 0.618. The van der Waals surface area contributed by atoms with Gasteiger partial charge in [-0.25, -0.2) is 0 Å². The maximum absolute atomic E-state index is 9.91. The Morgan fingerprint density at radius 3 is 2.26 bits per heavy atom. The minimum atomic E-state index is -0.876. The number of hydrogen-bond donors (Lipinski definition) is 3. The van der Waals surface area contributed by atoms with Crippen LogP contribution < -0.4 is 0 Å². The number of hydrogen-bond acceptors (Lipinski definition) is 5. The van der Waals surface area contributed by atoms with Gasteiger partial charge in [0.25, 0.3) is 0 Å². The van der Waals surface area contributed by atoms with Crippen LogP contribution in [-0.2, 0) is 4.74 Å². The van der Waals surface area contributed by atoms with Gasteiger partial charge < -0.3 is 25.0 Å². The summed E-state index contributed by atoms with van der Waals surface area (Å²) in [6.07, 6.45) is 0.592. The van der Waals surface area contributed by atoms with Crippen molar-refractivity contribution in [2.75, 3.05) is 33.4 Å². The lowest BCUT2D eigenvalue weighted by Gasteiger charge is -2.31. The average molecular weight is 277 g/mol. The summed E-state index contributed by atoms with van der Waals surface area (Å²) in [5, 5.41) is 28.4. The van der Waals surface area contributed by atoms with Gasteiger partial charge in [-0.1, -0.05) is 6.92 Å². The molecule has 0 aliphatic rings. The first-order chi connectivity index (χ1) is 8.64. The number of aliphatic hydroxyl groups excluding tert-OH is 2.